The lowest BCUT2D eigenvalue weighted by molar-refractivity contribution is 0.309. The average Bonchev–Trinajstić information content (AvgIpc) is 2.52. The molecular formula is C16H16N2OS. The standard InChI is InChI=1S/C16H16N2OS/c1-20-16-6-2-5-15(14(16)12-17)19-11-3-4-13-7-9-18-10-8-13/h2,5-10H,3-4,11H2,1H3. The highest BCUT2D eigenvalue weighted by Crippen LogP contribution is 2.28. The van der Waals surface area contributed by atoms with Gasteiger partial charge < -0.3 is 4.74 Å². The van der Waals surface area contributed by atoms with Gasteiger partial charge in [0, 0.05) is 17.3 Å². The lowest BCUT2D eigenvalue weighted by Crippen LogP contribution is -2.01. The largest absolute Gasteiger partial charge is 0.492 e. The molecule has 102 valence electrons. The van der Waals surface area contributed by atoms with Gasteiger partial charge in [-0.2, -0.15) is 5.26 Å². The summed E-state index contributed by atoms with van der Waals surface area (Å²) in [7, 11) is 0. The van der Waals surface area contributed by atoms with Gasteiger partial charge in [-0.05, 0) is 48.9 Å². The first kappa shape index (κ1) is 14.4. The molecule has 3 nitrogen and oxygen atoms in total. The number of hydrogen-bond acceptors (Lipinski definition) is 4. The number of benzene rings is 1. The van der Waals surface area contributed by atoms with Crippen LogP contribution in [-0.4, -0.2) is 17.8 Å². The zero-order chi connectivity index (χ0) is 14.2. The fourth-order valence-corrected chi connectivity index (χ4v) is 2.48. The fraction of sp³-hybridized carbons (Fsp3) is 0.250. The van der Waals surface area contributed by atoms with Crippen molar-refractivity contribution < 1.29 is 4.74 Å². The third kappa shape index (κ3) is 3.75. The Labute approximate surface area is 123 Å². The van der Waals surface area contributed by atoms with Crippen LogP contribution >= 0.6 is 11.8 Å². The average molecular weight is 284 g/mol. The molecule has 0 N–H and O–H groups in total. The van der Waals surface area contributed by atoms with Crippen LogP contribution in [0, 0.1) is 11.3 Å². The second-order valence-corrected chi connectivity index (χ2v) is 5.10. The van der Waals surface area contributed by atoms with Crippen LogP contribution in [0.4, 0.5) is 0 Å². The predicted octanol–water partition coefficient (Wildman–Crippen LogP) is 3.69. The van der Waals surface area contributed by atoms with Gasteiger partial charge in [0.2, 0.25) is 0 Å². The van der Waals surface area contributed by atoms with E-state index in [2.05, 4.69) is 11.1 Å². The molecule has 2 aromatic rings. The Kier molecular flexibility index (Phi) is 5.45. The Morgan fingerprint density at radius 1 is 1.25 bits per heavy atom. The van der Waals surface area contributed by atoms with E-state index in [1.165, 1.54) is 5.56 Å². The van der Waals surface area contributed by atoms with Crippen molar-refractivity contribution in [2.45, 2.75) is 17.7 Å². The molecule has 0 atom stereocenters. The highest BCUT2D eigenvalue weighted by Gasteiger charge is 2.08. The summed E-state index contributed by atoms with van der Waals surface area (Å²) >= 11 is 1.56. The maximum absolute atomic E-state index is 9.21. The maximum atomic E-state index is 9.21. The van der Waals surface area contributed by atoms with Gasteiger partial charge in [-0.3, -0.25) is 4.98 Å². The maximum Gasteiger partial charge on any atom is 0.138 e. The molecule has 0 aliphatic rings. The van der Waals surface area contributed by atoms with Crippen LogP contribution in [-0.2, 0) is 6.42 Å². The van der Waals surface area contributed by atoms with E-state index in [0.717, 1.165) is 17.7 Å². The van der Waals surface area contributed by atoms with Crippen molar-refractivity contribution in [1.82, 2.24) is 4.98 Å². The lowest BCUT2D eigenvalue weighted by atomic mass is 10.1. The highest BCUT2D eigenvalue weighted by atomic mass is 32.2. The van der Waals surface area contributed by atoms with E-state index in [1.54, 1.807) is 24.2 Å². The first-order valence-electron chi connectivity index (χ1n) is 6.44. The molecule has 1 heterocycles. The van der Waals surface area contributed by atoms with Crippen molar-refractivity contribution in [3.8, 4) is 11.8 Å². The van der Waals surface area contributed by atoms with Crippen molar-refractivity contribution in [3.63, 3.8) is 0 Å². The summed E-state index contributed by atoms with van der Waals surface area (Å²) in [5, 5.41) is 9.21. The van der Waals surface area contributed by atoms with Crippen molar-refractivity contribution in [2.75, 3.05) is 12.9 Å². The van der Waals surface area contributed by atoms with Gasteiger partial charge in [0.25, 0.3) is 0 Å². The fourth-order valence-electron chi connectivity index (χ4n) is 1.92. The Bertz CT molecular complexity index is 593. The molecule has 0 aliphatic heterocycles. The molecule has 0 saturated carbocycles. The summed E-state index contributed by atoms with van der Waals surface area (Å²) in [5.41, 5.74) is 1.88. The van der Waals surface area contributed by atoms with Crippen LogP contribution in [0.25, 0.3) is 0 Å². The first-order chi connectivity index (χ1) is 9.85. The smallest absolute Gasteiger partial charge is 0.138 e. The summed E-state index contributed by atoms with van der Waals surface area (Å²) in [5.74, 6) is 0.675. The minimum atomic E-state index is 0.606. The van der Waals surface area contributed by atoms with Gasteiger partial charge in [0.1, 0.15) is 17.4 Å². The molecule has 0 saturated heterocycles. The summed E-state index contributed by atoms with van der Waals surface area (Å²) in [6, 6.07) is 11.9. The first-order valence-corrected chi connectivity index (χ1v) is 7.66. The van der Waals surface area contributed by atoms with Gasteiger partial charge in [-0.1, -0.05) is 6.07 Å². The molecule has 0 bridgehead atoms. The van der Waals surface area contributed by atoms with E-state index in [1.807, 2.05) is 36.6 Å². The molecule has 1 aromatic carbocycles. The zero-order valence-corrected chi connectivity index (χ0v) is 12.2. The highest BCUT2D eigenvalue weighted by molar-refractivity contribution is 7.98. The molecular weight excluding hydrogens is 268 g/mol. The molecule has 0 spiro atoms. The molecule has 0 aliphatic carbocycles. The summed E-state index contributed by atoms with van der Waals surface area (Å²) in [4.78, 5) is 4.95. The van der Waals surface area contributed by atoms with Crippen LogP contribution in [0.5, 0.6) is 5.75 Å². The van der Waals surface area contributed by atoms with Crippen LogP contribution < -0.4 is 4.74 Å². The number of thioether (sulfide) groups is 1. The van der Waals surface area contributed by atoms with Crippen LogP contribution in [0.1, 0.15) is 17.5 Å². The molecule has 0 radical (unpaired) electrons. The number of aromatic nitrogens is 1. The predicted molar refractivity (Wildman–Crippen MR) is 81.0 cm³/mol. The van der Waals surface area contributed by atoms with Gasteiger partial charge in [-0.25, -0.2) is 0 Å². The van der Waals surface area contributed by atoms with Crippen LogP contribution in [0.3, 0.4) is 0 Å². The lowest BCUT2D eigenvalue weighted by Gasteiger charge is -2.10. The van der Waals surface area contributed by atoms with Crippen molar-refractivity contribution in [1.29, 1.82) is 5.26 Å². The van der Waals surface area contributed by atoms with Crippen molar-refractivity contribution in [3.05, 3.63) is 53.9 Å². The van der Waals surface area contributed by atoms with Gasteiger partial charge >= 0.3 is 0 Å². The van der Waals surface area contributed by atoms with E-state index < -0.39 is 0 Å². The number of aryl methyl sites for hydroxylation is 1. The van der Waals surface area contributed by atoms with E-state index >= 15 is 0 Å². The number of ether oxygens (including phenoxy) is 1. The van der Waals surface area contributed by atoms with Crippen molar-refractivity contribution >= 4 is 11.8 Å². The molecule has 0 amide bonds. The minimum Gasteiger partial charge on any atom is -0.492 e. The number of pyridine rings is 1. The Hall–Kier alpha value is -1.99. The number of nitrogens with zero attached hydrogens (tertiary/aromatic N) is 2. The quantitative estimate of drug-likeness (QED) is 0.599. The van der Waals surface area contributed by atoms with E-state index in [9.17, 15) is 5.26 Å². The Morgan fingerprint density at radius 3 is 2.75 bits per heavy atom. The molecule has 1 aromatic heterocycles. The molecule has 0 fully saturated rings. The third-order valence-electron chi connectivity index (χ3n) is 2.94. The van der Waals surface area contributed by atoms with Gasteiger partial charge in [0.05, 0.1) is 6.61 Å². The van der Waals surface area contributed by atoms with Gasteiger partial charge in [-0.15, -0.1) is 11.8 Å². The molecule has 0 unspecified atom stereocenters. The van der Waals surface area contributed by atoms with E-state index in [-0.39, 0.29) is 0 Å². The van der Waals surface area contributed by atoms with Crippen LogP contribution in [0.2, 0.25) is 0 Å². The Morgan fingerprint density at radius 2 is 2.05 bits per heavy atom. The monoisotopic (exact) mass is 284 g/mol. The van der Waals surface area contributed by atoms with E-state index in [0.29, 0.717) is 17.9 Å². The topological polar surface area (TPSA) is 45.9 Å². The normalized spacial score (nSPS) is 10.0. The molecule has 20 heavy (non-hydrogen) atoms. The molecule has 4 heteroatoms. The third-order valence-corrected chi connectivity index (χ3v) is 3.72. The second kappa shape index (κ2) is 7.56. The number of nitriles is 1. The van der Waals surface area contributed by atoms with Gasteiger partial charge in [0.15, 0.2) is 0 Å². The Balaban J connectivity index is 1.90. The van der Waals surface area contributed by atoms with Crippen LogP contribution in [0.15, 0.2) is 47.6 Å². The second-order valence-electron chi connectivity index (χ2n) is 4.25. The summed E-state index contributed by atoms with van der Waals surface area (Å²) < 4.78 is 5.74. The number of rotatable bonds is 6. The summed E-state index contributed by atoms with van der Waals surface area (Å²) in [6.07, 6.45) is 7.42. The van der Waals surface area contributed by atoms with E-state index in [4.69, 9.17) is 4.74 Å². The summed E-state index contributed by atoms with van der Waals surface area (Å²) in [6.45, 7) is 0.606. The number of hydrogen-bond donors (Lipinski definition) is 0. The SMILES string of the molecule is CSc1cccc(OCCCc2ccncc2)c1C#N. The van der Waals surface area contributed by atoms with Crippen molar-refractivity contribution in [2.24, 2.45) is 0 Å². The minimum absolute atomic E-state index is 0.606. The molecule has 2 rings (SSSR count). The zero-order valence-electron chi connectivity index (χ0n) is 11.4.